The number of nitrogens with zero attached hydrogens (tertiary/aromatic N) is 1. The van der Waals surface area contributed by atoms with E-state index in [2.05, 4.69) is 53.8 Å². The van der Waals surface area contributed by atoms with Gasteiger partial charge in [0, 0.05) is 24.9 Å². The second-order valence-electron chi connectivity index (χ2n) is 12.4. The van der Waals surface area contributed by atoms with Crippen LogP contribution in [-0.4, -0.2) is 49.2 Å². The number of rotatable bonds is 14. The fourth-order valence-corrected chi connectivity index (χ4v) is 6.85. The predicted octanol–water partition coefficient (Wildman–Crippen LogP) is 8.27. The van der Waals surface area contributed by atoms with Crippen molar-refractivity contribution in [3.8, 4) is 11.1 Å². The number of carbonyl (C=O) groups is 3. The molecule has 5 aromatic carbocycles. The zero-order valence-corrected chi connectivity index (χ0v) is 28.2. The first-order valence-electron chi connectivity index (χ1n) is 17.2. The van der Waals surface area contributed by atoms with Gasteiger partial charge in [-0.1, -0.05) is 140 Å². The molecule has 7 nitrogen and oxygen atoms in total. The molecule has 1 atom stereocenters. The van der Waals surface area contributed by atoms with Gasteiger partial charge in [0.1, 0.15) is 12.6 Å². The lowest BCUT2D eigenvalue weighted by atomic mass is 9.88. The van der Waals surface area contributed by atoms with Crippen molar-refractivity contribution in [1.29, 1.82) is 0 Å². The topological polar surface area (TPSA) is 84.9 Å². The highest BCUT2D eigenvalue weighted by Crippen LogP contribution is 2.44. The maximum atomic E-state index is 14.5. The van der Waals surface area contributed by atoms with Crippen molar-refractivity contribution >= 4 is 18.0 Å². The SMILES string of the molecule is CCOC(=O)CCN(CCC(c1ccccc1)c1ccccc1)C(=O)C(NC(=O)OCC1c2ccccc2-c2ccccc21)c1ccccc1. The Morgan fingerprint density at radius 3 is 1.68 bits per heavy atom. The van der Waals surface area contributed by atoms with Crippen LogP contribution in [0.15, 0.2) is 140 Å². The fraction of sp³-hybridized carbons (Fsp3) is 0.233. The number of ether oxygens (including phenoxy) is 2. The Morgan fingerprint density at radius 2 is 1.14 bits per heavy atom. The molecule has 254 valence electrons. The average Bonchev–Trinajstić information content (AvgIpc) is 3.48. The maximum absolute atomic E-state index is 14.5. The van der Waals surface area contributed by atoms with Crippen molar-refractivity contribution in [3.05, 3.63) is 167 Å². The molecule has 1 N–H and O–H groups in total. The number of nitrogens with one attached hydrogen (secondary N) is 1. The molecule has 6 rings (SSSR count). The molecule has 1 aliphatic rings. The summed E-state index contributed by atoms with van der Waals surface area (Å²) in [6.45, 7) is 2.63. The van der Waals surface area contributed by atoms with Crippen molar-refractivity contribution in [3.63, 3.8) is 0 Å². The third-order valence-corrected chi connectivity index (χ3v) is 9.28. The highest BCUT2D eigenvalue weighted by molar-refractivity contribution is 5.87. The predicted molar refractivity (Wildman–Crippen MR) is 195 cm³/mol. The van der Waals surface area contributed by atoms with E-state index < -0.39 is 12.1 Å². The summed E-state index contributed by atoms with van der Waals surface area (Å²) < 4.78 is 11.1. The van der Waals surface area contributed by atoms with E-state index in [1.54, 1.807) is 11.8 Å². The highest BCUT2D eigenvalue weighted by atomic mass is 16.5. The number of fused-ring (bicyclic) bond motifs is 3. The molecule has 0 saturated heterocycles. The number of alkyl carbamates (subject to hydrolysis) is 1. The summed E-state index contributed by atoms with van der Waals surface area (Å²) in [5.41, 5.74) is 7.37. The summed E-state index contributed by atoms with van der Waals surface area (Å²) >= 11 is 0. The van der Waals surface area contributed by atoms with Crippen LogP contribution in [0.1, 0.15) is 65.5 Å². The van der Waals surface area contributed by atoms with E-state index in [1.165, 1.54) is 0 Å². The molecule has 0 heterocycles. The van der Waals surface area contributed by atoms with Crippen LogP contribution in [0.4, 0.5) is 4.79 Å². The molecular formula is C43H42N2O5. The van der Waals surface area contributed by atoms with Gasteiger partial charge in [-0.2, -0.15) is 0 Å². The molecule has 0 aromatic heterocycles. The van der Waals surface area contributed by atoms with E-state index in [-0.39, 0.29) is 49.9 Å². The lowest BCUT2D eigenvalue weighted by Gasteiger charge is -2.30. The Hall–Kier alpha value is -5.69. The summed E-state index contributed by atoms with van der Waals surface area (Å²) in [5.74, 6) is -0.809. The Balaban J connectivity index is 1.22. The minimum atomic E-state index is -1.03. The van der Waals surface area contributed by atoms with Crippen LogP contribution in [0.25, 0.3) is 11.1 Å². The van der Waals surface area contributed by atoms with Crippen molar-refractivity contribution in [2.45, 2.75) is 37.6 Å². The number of hydrogen-bond acceptors (Lipinski definition) is 5. The number of amides is 2. The summed E-state index contributed by atoms with van der Waals surface area (Å²) in [6.07, 6.45) is -0.0477. The standard InChI is InChI=1S/C43H42N2O5/c1-2-49-40(46)27-29-45(28-26-34(31-16-6-3-7-17-31)32-18-8-4-9-19-32)42(47)41(33-20-10-5-11-21-33)44-43(48)50-30-39-37-24-14-12-22-35(37)36-23-13-15-25-38(36)39/h3-25,34,39,41H,2,26-30H2,1H3,(H,44,48). The Kier molecular flexibility index (Phi) is 11.4. The maximum Gasteiger partial charge on any atom is 0.408 e. The van der Waals surface area contributed by atoms with Crippen molar-refractivity contribution in [2.75, 3.05) is 26.3 Å². The van der Waals surface area contributed by atoms with Gasteiger partial charge in [-0.15, -0.1) is 0 Å². The molecule has 2 amide bonds. The van der Waals surface area contributed by atoms with Crippen molar-refractivity contribution in [1.82, 2.24) is 10.2 Å². The normalized spacial score (nSPS) is 12.4. The number of carbonyl (C=O) groups excluding carboxylic acids is 3. The van der Waals surface area contributed by atoms with Crippen molar-refractivity contribution in [2.24, 2.45) is 0 Å². The average molecular weight is 667 g/mol. The van der Waals surface area contributed by atoms with E-state index in [0.29, 0.717) is 18.5 Å². The van der Waals surface area contributed by atoms with Gasteiger partial charge in [0.2, 0.25) is 5.91 Å². The first kappa shape index (κ1) is 34.2. The Morgan fingerprint density at radius 1 is 0.640 bits per heavy atom. The monoisotopic (exact) mass is 666 g/mol. The lowest BCUT2D eigenvalue weighted by molar-refractivity contribution is -0.144. The molecule has 0 saturated carbocycles. The van der Waals surface area contributed by atoms with Gasteiger partial charge in [0.25, 0.3) is 0 Å². The van der Waals surface area contributed by atoms with Gasteiger partial charge in [0.15, 0.2) is 0 Å². The Labute approximate surface area is 293 Å². The lowest BCUT2D eigenvalue weighted by Crippen LogP contribution is -2.44. The molecule has 0 radical (unpaired) electrons. The van der Waals surface area contributed by atoms with Gasteiger partial charge in [-0.3, -0.25) is 9.59 Å². The van der Waals surface area contributed by atoms with E-state index in [4.69, 9.17) is 9.47 Å². The molecule has 7 heteroatoms. The first-order valence-corrected chi connectivity index (χ1v) is 17.2. The molecular weight excluding hydrogens is 624 g/mol. The molecule has 1 aliphatic carbocycles. The van der Waals surface area contributed by atoms with Gasteiger partial charge in [-0.25, -0.2) is 4.79 Å². The second kappa shape index (κ2) is 16.6. The van der Waals surface area contributed by atoms with Gasteiger partial charge >= 0.3 is 12.1 Å². The zero-order valence-electron chi connectivity index (χ0n) is 28.2. The number of benzene rings is 5. The van der Waals surface area contributed by atoms with E-state index in [0.717, 1.165) is 33.4 Å². The molecule has 0 fully saturated rings. The summed E-state index contributed by atoms with van der Waals surface area (Å²) in [7, 11) is 0. The van der Waals surface area contributed by atoms with Crippen LogP contribution in [0.3, 0.4) is 0 Å². The van der Waals surface area contributed by atoms with Crippen LogP contribution in [0, 0.1) is 0 Å². The van der Waals surface area contributed by atoms with Gasteiger partial charge in [0.05, 0.1) is 13.0 Å². The fourth-order valence-electron chi connectivity index (χ4n) is 6.85. The highest BCUT2D eigenvalue weighted by Gasteiger charge is 2.32. The number of hydrogen-bond donors (Lipinski definition) is 1. The first-order chi connectivity index (χ1) is 24.5. The smallest absolute Gasteiger partial charge is 0.408 e. The van der Waals surface area contributed by atoms with Crippen LogP contribution < -0.4 is 5.32 Å². The summed E-state index contributed by atoms with van der Waals surface area (Å²) in [5, 5.41) is 2.88. The third-order valence-electron chi connectivity index (χ3n) is 9.28. The second-order valence-corrected chi connectivity index (χ2v) is 12.4. The van der Waals surface area contributed by atoms with Gasteiger partial charge in [-0.05, 0) is 52.3 Å². The van der Waals surface area contributed by atoms with E-state index >= 15 is 0 Å². The quantitative estimate of drug-likeness (QED) is 0.121. The molecule has 50 heavy (non-hydrogen) atoms. The van der Waals surface area contributed by atoms with Gasteiger partial charge < -0.3 is 19.7 Å². The van der Waals surface area contributed by atoms with Crippen LogP contribution >= 0.6 is 0 Å². The molecule has 1 unspecified atom stereocenters. The van der Waals surface area contributed by atoms with Crippen LogP contribution in [0.2, 0.25) is 0 Å². The van der Waals surface area contributed by atoms with Crippen LogP contribution in [-0.2, 0) is 19.1 Å². The molecule has 0 spiro atoms. The summed E-state index contributed by atoms with van der Waals surface area (Å²) in [4.78, 5) is 42.2. The third kappa shape index (κ3) is 8.12. The molecule has 5 aromatic rings. The number of esters is 1. The van der Waals surface area contributed by atoms with Crippen molar-refractivity contribution < 1.29 is 23.9 Å². The molecule has 0 aliphatic heterocycles. The van der Waals surface area contributed by atoms with Crippen LogP contribution in [0.5, 0.6) is 0 Å². The Bertz CT molecular complexity index is 1790. The molecule has 0 bridgehead atoms. The summed E-state index contributed by atoms with van der Waals surface area (Å²) in [6, 6.07) is 44.8. The van der Waals surface area contributed by atoms with E-state index in [1.807, 2.05) is 91.0 Å². The minimum Gasteiger partial charge on any atom is -0.466 e. The largest absolute Gasteiger partial charge is 0.466 e. The van der Waals surface area contributed by atoms with E-state index in [9.17, 15) is 14.4 Å². The zero-order chi connectivity index (χ0) is 34.7. The minimum absolute atomic E-state index is 0.0144.